The molecule has 0 saturated heterocycles. The van der Waals surface area contributed by atoms with E-state index in [0.717, 1.165) is 30.2 Å². The highest BCUT2D eigenvalue weighted by atomic mass is 32.1. The average Bonchev–Trinajstić information content (AvgIpc) is 2.90. The Morgan fingerprint density at radius 3 is 2.85 bits per heavy atom. The normalized spacial score (nSPS) is 11.0. The van der Waals surface area contributed by atoms with E-state index in [0.29, 0.717) is 12.5 Å². The van der Waals surface area contributed by atoms with Crippen molar-refractivity contribution < 1.29 is 4.74 Å². The van der Waals surface area contributed by atoms with Gasteiger partial charge in [-0.25, -0.2) is 0 Å². The van der Waals surface area contributed by atoms with E-state index in [1.807, 2.05) is 25.1 Å². The van der Waals surface area contributed by atoms with Gasteiger partial charge < -0.3 is 10.1 Å². The van der Waals surface area contributed by atoms with Crippen LogP contribution in [0.15, 0.2) is 29.6 Å². The van der Waals surface area contributed by atoms with E-state index in [9.17, 15) is 0 Å². The van der Waals surface area contributed by atoms with Crippen LogP contribution in [0.3, 0.4) is 0 Å². The van der Waals surface area contributed by atoms with Crippen LogP contribution < -0.4 is 10.1 Å². The van der Waals surface area contributed by atoms with Gasteiger partial charge in [0.2, 0.25) is 0 Å². The van der Waals surface area contributed by atoms with E-state index < -0.39 is 0 Å². The molecule has 2 aromatic rings. The highest BCUT2D eigenvalue weighted by Crippen LogP contribution is 2.19. The third-order valence-electron chi connectivity index (χ3n) is 2.87. The largest absolute Gasteiger partial charge is 0.486 e. The molecule has 4 heteroatoms. The second-order valence-electron chi connectivity index (χ2n) is 5.29. The van der Waals surface area contributed by atoms with Crippen LogP contribution in [0, 0.1) is 12.8 Å². The van der Waals surface area contributed by atoms with Gasteiger partial charge in [-0.3, -0.25) is 4.98 Å². The van der Waals surface area contributed by atoms with Crippen molar-refractivity contribution in [3.8, 4) is 5.75 Å². The van der Waals surface area contributed by atoms with Crippen LogP contribution >= 0.6 is 11.3 Å². The SMILES string of the molecule is Cc1ccc(OCc2cccs2)c(CNCC(C)C)n1. The van der Waals surface area contributed by atoms with Gasteiger partial charge in [0.15, 0.2) is 0 Å². The number of nitrogens with zero attached hydrogens (tertiary/aromatic N) is 1. The molecule has 3 nitrogen and oxygen atoms in total. The first-order chi connectivity index (χ1) is 9.65. The summed E-state index contributed by atoms with van der Waals surface area (Å²) in [4.78, 5) is 5.81. The predicted molar refractivity (Wildman–Crippen MR) is 84.2 cm³/mol. The Kier molecular flexibility index (Phi) is 5.56. The lowest BCUT2D eigenvalue weighted by atomic mass is 10.2. The Labute approximate surface area is 125 Å². The van der Waals surface area contributed by atoms with Gasteiger partial charge in [-0.05, 0) is 43.0 Å². The molecule has 0 spiro atoms. The molecule has 2 rings (SSSR count). The second kappa shape index (κ2) is 7.41. The minimum absolute atomic E-state index is 0.611. The lowest BCUT2D eigenvalue weighted by molar-refractivity contribution is 0.303. The number of pyridine rings is 1. The summed E-state index contributed by atoms with van der Waals surface area (Å²) in [6.07, 6.45) is 0. The fourth-order valence-corrected chi connectivity index (χ4v) is 2.49. The van der Waals surface area contributed by atoms with Gasteiger partial charge in [0, 0.05) is 17.1 Å². The van der Waals surface area contributed by atoms with E-state index in [-0.39, 0.29) is 0 Å². The minimum atomic E-state index is 0.611. The highest BCUT2D eigenvalue weighted by Gasteiger charge is 2.07. The van der Waals surface area contributed by atoms with Gasteiger partial charge in [0.25, 0.3) is 0 Å². The monoisotopic (exact) mass is 290 g/mol. The molecule has 0 saturated carbocycles. The van der Waals surface area contributed by atoms with Crippen molar-refractivity contribution in [2.75, 3.05) is 6.54 Å². The first-order valence-electron chi connectivity index (χ1n) is 6.97. The zero-order valence-electron chi connectivity index (χ0n) is 12.3. The van der Waals surface area contributed by atoms with Gasteiger partial charge in [0.1, 0.15) is 12.4 Å². The van der Waals surface area contributed by atoms with Gasteiger partial charge >= 0.3 is 0 Å². The van der Waals surface area contributed by atoms with Crippen LogP contribution in [0.25, 0.3) is 0 Å². The van der Waals surface area contributed by atoms with E-state index >= 15 is 0 Å². The maximum Gasteiger partial charge on any atom is 0.142 e. The van der Waals surface area contributed by atoms with Crippen molar-refractivity contribution >= 4 is 11.3 Å². The molecule has 2 heterocycles. The zero-order chi connectivity index (χ0) is 14.4. The molecule has 0 unspecified atom stereocenters. The van der Waals surface area contributed by atoms with Gasteiger partial charge in [-0.15, -0.1) is 11.3 Å². The second-order valence-corrected chi connectivity index (χ2v) is 6.32. The molecule has 0 aliphatic carbocycles. The van der Waals surface area contributed by atoms with Crippen molar-refractivity contribution in [3.05, 3.63) is 45.9 Å². The zero-order valence-corrected chi connectivity index (χ0v) is 13.2. The van der Waals surface area contributed by atoms with E-state index in [2.05, 4.69) is 35.6 Å². The number of aromatic nitrogens is 1. The minimum Gasteiger partial charge on any atom is -0.486 e. The standard InChI is InChI=1S/C16H22N2OS/c1-12(2)9-17-10-15-16(7-6-13(3)18-15)19-11-14-5-4-8-20-14/h4-8,12,17H,9-11H2,1-3H3. The molecule has 2 aromatic heterocycles. The van der Waals surface area contributed by atoms with Crippen molar-refractivity contribution in [3.63, 3.8) is 0 Å². The number of aryl methyl sites for hydroxylation is 1. The van der Waals surface area contributed by atoms with E-state index in [4.69, 9.17) is 4.74 Å². The lowest BCUT2D eigenvalue weighted by Gasteiger charge is -2.12. The topological polar surface area (TPSA) is 34.1 Å². The number of rotatable bonds is 7. The summed E-state index contributed by atoms with van der Waals surface area (Å²) in [6, 6.07) is 8.14. The summed E-state index contributed by atoms with van der Waals surface area (Å²) in [7, 11) is 0. The molecule has 0 aromatic carbocycles. The molecular weight excluding hydrogens is 268 g/mol. The quantitative estimate of drug-likeness (QED) is 0.842. The molecule has 0 atom stereocenters. The summed E-state index contributed by atoms with van der Waals surface area (Å²) in [5, 5.41) is 5.49. The Morgan fingerprint density at radius 1 is 1.30 bits per heavy atom. The predicted octanol–water partition coefficient (Wildman–Crippen LogP) is 3.78. The van der Waals surface area contributed by atoms with Gasteiger partial charge in [-0.2, -0.15) is 0 Å². The van der Waals surface area contributed by atoms with Crippen LogP contribution in [-0.2, 0) is 13.2 Å². The Bertz CT molecular complexity index is 523. The first-order valence-corrected chi connectivity index (χ1v) is 7.85. The summed E-state index contributed by atoms with van der Waals surface area (Å²) in [5.74, 6) is 1.51. The number of hydrogen-bond donors (Lipinski definition) is 1. The molecule has 0 bridgehead atoms. The summed E-state index contributed by atoms with van der Waals surface area (Å²) in [5.41, 5.74) is 2.01. The molecule has 0 fully saturated rings. The van der Waals surface area contributed by atoms with Crippen LogP contribution in [-0.4, -0.2) is 11.5 Å². The van der Waals surface area contributed by atoms with Crippen molar-refractivity contribution in [2.45, 2.75) is 33.9 Å². The van der Waals surface area contributed by atoms with Crippen LogP contribution in [0.1, 0.15) is 30.1 Å². The van der Waals surface area contributed by atoms with Crippen LogP contribution in [0.2, 0.25) is 0 Å². The van der Waals surface area contributed by atoms with E-state index in [1.165, 1.54) is 4.88 Å². The molecule has 0 amide bonds. The third kappa shape index (κ3) is 4.62. The van der Waals surface area contributed by atoms with Crippen molar-refractivity contribution in [2.24, 2.45) is 5.92 Å². The van der Waals surface area contributed by atoms with Gasteiger partial charge in [0.05, 0.1) is 5.69 Å². The number of ether oxygens (including phenoxy) is 1. The summed E-state index contributed by atoms with van der Waals surface area (Å²) in [6.45, 7) is 8.75. The lowest BCUT2D eigenvalue weighted by Crippen LogP contribution is -2.20. The molecule has 20 heavy (non-hydrogen) atoms. The van der Waals surface area contributed by atoms with Crippen molar-refractivity contribution in [1.82, 2.24) is 10.3 Å². The fraction of sp³-hybridized carbons (Fsp3) is 0.438. The van der Waals surface area contributed by atoms with Crippen LogP contribution in [0.5, 0.6) is 5.75 Å². The third-order valence-corrected chi connectivity index (χ3v) is 3.72. The number of hydrogen-bond acceptors (Lipinski definition) is 4. The molecular formula is C16H22N2OS. The molecule has 0 radical (unpaired) electrons. The Morgan fingerprint density at radius 2 is 2.15 bits per heavy atom. The van der Waals surface area contributed by atoms with Crippen LogP contribution in [0.4, 0.5) is 0 Å². The molecule has 108 valence electrons. The smallest absolute Gasteiger partial charge is 0.142 e. The summed E-state index contributed by atoms with van der Waals surface area (Å²) >= 11 is 1.71. The molecule has 0 aliphatic rings. The maximum atomic E-state index is 5.90. The number of nitrogens with one attached hydrogen (secondary N) is 1. The maximum absolute atomic E-state index is 5.90. The molecule has 1 N–H and O–H groups in total. The Balaban J connectivity index is 1.99. The average molecular weight is 290 g/mol. The number of thiophene rings is 1. The van der Waals surface area contributed by atoms with Crippen molar-refractivity contribution in [1.29, 1.82) is 0 Å². The van der Waals surface area contributed by atoms with Gasteiger partial charge in [-0.1, -0.05) is 19.9 Å². The Hall–Kier alpha value is -1.39. The summed E-state index contributed by atoms with van der Waals surface area (Å²) < 4.78 is 5.90. The fourth-order valence-electron chi connectivity index (χ4n) is 1.88. The first kappa shape index (κ1) is 15.0. The highest BCUT2D eigenvalue weighted by molar-refractivity contribution is 7.09. The van der Waals surface area contributed by atoms with E-state index in [1.54, 1.807) is 11.3 Å². The molecule has 0 aliphatic heterocycles.